The number of likely N-dealkylation sites (tertiary alicyclic amines) is 1. The molecule has 0 saturated carbocycles. The maximum Gasteiger partial charge on any atom is 0.222 e. The molecule has 1 fully saturated rings. The summed E-state index contributed by atoms with van der Waals surface area (Å²) in [6.07, 6.45) is 3.70. The first-order valence-electron chi connectivity index (χ1n) is 5.81. The Morgan fingerprint density at radius 1 is 1.59 bits per heavy atom. The van der Waals surface area contributed by atoms with E-state index >= 15 is 0 Å². The third kappa shape index (κ3) is 2.98. The number of halogens is 1. The Balaban J connectivity index is 2.03. The van der Waals surface area contributed by atoms with Gasteiger partial charge in [-0.1, -0.05) is 11.6 Å². The van der Waals surface area contributed by atoms with Gasteiger partial charge < -0.3 is 16.0 Å². The Morgan fingerprint density at radius 2 is 2.35 bits per heavy atom. The van der Waals surface area contributed by atoms with Crippen molar-refractivity contribution in [1.82, 2.24) is 14.9 Å². The summed E-state index contributed by atoms with van der Waals surface area (Å²) < 4.78 is 0. The van der Waals surface area contributed by atoms with Gasteiger partial charge in [-0.3, -0.25) is 0 Å². The van der Waals surface area contributed by atoms with Crippen LogP contribution in [0.1, 0.15) is 19.8 Å². The second kappa shape index (κ2) is 5.06. The molecule has 0 bridgehead atoms. The van der Waals surface area contributed by atoms with Crippen molar-refractivity contribution >= 4 is 23.4 Å². The van der Waals surface area contributed by atoms with Crippen molar-refractivity contribution in [3.63, 3.8) is 0 Å². The minimum Gasteiger partial charge on any atom is -0.368 e. The number of nitrogen functional groups attached to an aromatic ring is 1. The molecule has 1 aliphatic rings. The quantitative estimate of drug-likeness (QED) is 0.840. The van der Waals surface area contributed by atoms with Gasteiger partial charge in [0.15, 0.2) is 5.82 Å². The third-order valence-corrected chi connectivity index (χ3v) is 3.59. The highest BCUT2D eigenvalue weighted by atomic mass is 35.5. The smallest absolute Gasteiger partial charge is 0.222 e. The first-order chi connectivity index (χ1) is 8.06. The van der Waals surface area contributed by atoms with Crippen LogP contribution in [0, 0.1) is 0 Å². The molecule has 0 aliphatic carbocycles. The number of nitrogens with zero attached hydrogens (tertiary/aromatic N) is 3. The number of anilines is 2. The molecule has 6 heteroatoms. The lowest BCUT2D eigenvalue weighted by molar-refractivity contribution is 0.190. The molecule has 2 heterocycles. The van der Waals surface area contributed by atoms with Crippen LogP contribution in [0.25, 0.3) is 0 Å². The lowest BCUT2D eigenvalue weighted by atomic mass is 9.99. The van der Waals surface area contributed by atoms with E-state index in [0.29, 0.717) is 22.9 Å². The zero-order valence-electron chi connectivity index (χ0n) is 10.2. The maximum absolute atomic E-state index is 6.03. The average molecular weight is 256 g/mol. The molecule has 2 atom stereocenters. The number of hydrogen-bond donors (Lipinski definition) is 2. The summed E-state index contributed by atoms with van der Waals surface area (Å²) in [5.74, 6) is 0.888. The molecular weight excluding hydrogens is 238 g/mol. The van der Waals surface area contributed by atoms with Crippen LogP contribution in [0.15, 0.2) is 6.20 Å². The topological polar surface area (TPSA) is 67.1 Å². The van der Waals surface area contributed by atoms with Crippen molar-refractivity contribution < 1.29 is 0 Å². The highest BCUT2D eigenvalue weighted by molar-refractivity contribution is 6.32. The number of rotatable bonds is 2. The minimum atomic E-state index is 0.248. The number of hydrogen-bond acceptors (Lipinski definition) is 5. The summed E-state index contributed by atoms with van der Waals surface area (Å²) in [6.45, 7) is 3.31. The summed E-state index contributed by atoms with van der Waals surface area (Å²) in [5.41, 5.74) is 5.55. The molecule has 2 rings (SSSR count). The van der Waals surface area contributed by atoms with Crippen LogP contribution in [0.4, 0.5) is 11.8 Å². The molecule has 5 nitrogen and oxygen atoms in total. The van der Waals surface area contributed by atoms with E-state index in [9.17, 15) is 0 Å². The first-order valence-corrected chi connectivity index (χ1v) is 6.19. The Hall–Kier alpha value is -1.07. The zero-order valence-corrected chi connectivity index (χ0v) is 10.9. The predicted octanol–water partition coefficient (Wildman–Crippen LogP) is 1.61. The van der Waals surface area contributed by atoms with Crippen LogP contribution in [0.2, 0.25) is 5.02 Å². The Kier molecular flexibility index (Phi) is 3.69. The SMILES string of the molecule is CC1CC(Nc2nc(N)ncc2Cl)CCN1C. The first kappa shape index (κ1) is 12.4. The van der Waals surface area contributed by atoms with Crippen LogP contribution < -0.4 is 11.1 Å². The van der Waals surface area contributed by atoms with Gasteiger partial charge in [-0.15, -0.1) is 0 Å². The molecular formula is C11H18ClN5. The van der Waals surface area contributed by atoms with Gasteiger partial charge in [0, 0.05) is 18.6 Å². The van der Waals surface area contributed by atoms with E-state index in [2.05, 4.69) is 34.2 Å². The number of piperidine rings is 1. The van der Waals surface area contributed by atoms with E-state index in [-0.39, 0.29) is 5.95 Å². The molecule has 0 spiro atoms. The fourth-order valence-electron chi connectivity index (χ4n) is 2.10. The van der Waals surface area contributed by atoms with Gasteiger partial charge in [-0.05, 0) is 26.8 Å². The van der Waals surface area contributed by atoms with Crippen LogP contribution in [-0.4, -0.2) is 40.5 Å². The van der Waals surface area contributed by atoms with Gasteiger partial charge in [0.1, 0.15) is 5.02 Å². The zero-order chi connectivity index (χ0) is 12.4. The van der Waals surface area contributed by atoms with Gasteiger partial charge in [0.05, 0.1) is 6.20 Å². The maximum atomic E-state index is 6.03. The number of aromatic nitrogens is 2. The normalized spacial score (nSPS) is 25.8. The van der Waals surface area contributed by atoms with Crippen molar-refractivity contribution in [1.29, 1.82) is 0 Å². The third-order valence-electron chi connectivity index (χ3n) is 3.31. The molecule has 94 valence electrons. The van der Waals surface area contributed by atoms with E-state index in [1.807, 2.05) is 0 Å². The van der Waals surface area contributed by atoms with E-state index < -0.39 is 0 Å². The van der Waals surface area contributed by atoms with Gasteiger partial charge in [0.25, 0.3) is 0 Å². The monoisotopic (exact) mass is 255 g/mol. The predicted molar refractivity (Wildman–Crippen MR) is 70.2 cm³/mol. The van der Waals surface area contributed by atoms with Crippen molar-refractivity contribution in [2.75, 3.05) is 24.6 Å². The lowest BCUT2D eigenvalue weighted by Gasteiger charge is -2.35. The second-order valence-electron chi connectivity index (χ2n) is 4.62. The molecule has 0 radical (unpaired) electrons. The van der Waals surface area contributed by atoms with E-state index in [1.54, 1.807) is 0 Å². The second-order valence-corrected chi connectivity index (χ2v) is 5.03. The van der Waals surface area contributed by atoms with Crippen LogP contribution in [0.3, 0.4) is 0 Å². The van der Waals surface area contributed by atoms with Crippen LogP contribution in [-0.2, 0) is 0 Å². The molecule has 1 aromatic rings. The van der Waals surface area contributed by atoms with E-state index in [4.69, 9.17) is 17.3 Å². The van der Waals surface area contributed by atoms with Gasteiger partial charge >= 0.3 is 0 Å². The summed E-state index contributed by atoms with van der Waals surface area (Å²) in [7, 11) is 2.15. The van der Waals surface area contributed by atoms with Gasteiger partial charge in [-0.2, -0.15) is 4.98 Å². The van der Waals surface area contributed by atoms with Crippen molar-refractivity contribution in [2.45, 2.75) is 31.8 Å². The highest BCUT2D eigenvalue weighted by Gasteiger charge is 2.23. The van der Waals surface area contributed by atoms with Crippen molar-refractivity contribution in [2.24, 2.45) is 0 Å². The van der Waals surface area contributed by atoms with Crippen LogP contribution >= 0.6 is 11.6 Å². The molecule has 17 heavy (non-hydrogen) atoms. The van der Waals surface area contributed by atoms with Crippen molar-refractivity contribution in [3.8, 4) is 0 Å². The van der Waals surface area contributed by atoms with E-state index in [1.165, 1.54) is 6.20 Å². The molecule has 1 aromatic heterocycles. The number of nitrogens with one attached hydrogen (secondary N) is 1. The largest absolute Gasteiger partial charge is 0.368 e. The van der Waals surface area contributed by atoms with Crippen molar-refractivity contribution in [3.05, 3.63) is 11.2 Å². The molecule has 3 N–H and O–H groups in total. The highest BCUT2D eigenvalue weighted by Crippen LogP contribution is 2.23. The van der Waals surface area contributed by atoms with Gasteiger partial charge in [0.2, 0.25) is 5.95 Å². The Labute approximate surface area is 106 Å². The summed E-state index contributed by atoms with van der Waals surface area (Å²) >= 11 is 6.03. The standard InChI is InChI=1S/C11H18ClN5/c1-7-5-8(3-4-17(7)2)15-10-9(12)6-14-11(13)16-10/h6-8H,3-5H2,1-2H3,(H3,13,14,15,16). The molecule has 2 unspecified atom stereocenters. The Bertz CT molecular complexity index is 397. The van der Waals surface area contributed by atoms with E-state index in [0.717, 1.165) is 19.4 Å². The summed E-state index contributed by atoms with van der Waals surface area (Å²) in [5, 5.41) is 3.87. The Morgan fingerprint density at radius 3 is 3.06 bits per heavy atom. The fraction of sp³-hybridized carbons (Fsp3) is 0.636. The summed E-state index contributed by atoms with van der Waals surface area (Å²) in [4.78, 5) is 10.3. The average Bonchev–Trinajstić information content (AvgIpc) is 2.29. The fourth-order valence-corrected chi connectivity index (χ4v) is 2.24. The van der Waals surface area contributed by atoms with Crippen LogP contribution in [0.5, 0.6) is 0 Å². The summed E-state index contributed by atoms with van der Waals surface area (Å²) in [6, 6.07) is 0.965. The molecule has 1 saturated heterocycles. The molecule has 1 aliphatic heterocycles. The van der Waals surface area contributed by atoms with Gasteiger partial charge in [-0.25, -0.2) is 4.98 Å². The molecule has 0 amide bonds. The lowest BCUT2D eigenvalue weighted by Crippen LogP contribution is -2.42. The number of nitrogens with two attached hydrogens (primary N) is 1. The molecule has 0 aromatic carbocycles. The minimum absolute atomic E-state index is 0.248.